The van der Waals surface area contributed by atoms with E-state index in [0.717, 1.165) is 10.2 Å². The maximum Gasteiger partial charge on any atom is 0.189 e. The number of halogens is 1. The van der Waals surface area contributed by atoms with Crippen LogP contribution in [0.15, 0.2) is 28.7 Å². The van der Waals surface area contributed by atoms with E-state index in [1.54, 1.807) is 0 Å². The van der Waals surface area contributed by atoms with E-state index < -0.39 is 0 Å². The fraction of sp³-hybridized carbons (Fsp3) is 0.333. The van der Waals surface area contributed by atoms with Crippen LogP contribution in [0.5, 0.6) is 5.75 Å². The minimum absolute atomic E-state index is 0.312. The average Bonchev–Trinajstić information content (AvgIpc) is 2.05. The van der Waals surface area contributed by atoms with Crippen molar-refractivity contribution in [1.29, 1.82) is 0 Å². The first kappa shape index (κ1) is 9.55. The first-order chi connectivity index (χ1) is 5.83. The minimum Gasteiger partial charge on any atom is -0.468 e. The molecule has 0 saturated heterocycles. The lowest BCUT2D eigenvalue weighted by Crippen LogP contribution is -2.01. The van der Waals surface area contributed by atoms with Crippen molar-refractivity contribution < 1.29 is 9.47 Å². The fourth-order valence-electron chi connectivity index (χ4n) is 0.750. The van der Waals surface area contributed by atoms with Gasteiger partial charge < -0.3 is 9.47 Å². The third-order valence-electron chi connectivity index (χ3n) is 1.31. The first-order valence-electron chi connectivity index (χ1n) is 3.79. The molecule has 0 aliphatic carbocycles. The van der Waals surface area contributed by atoms with Crippen LogP contribution in [0, 0.1) is 0 Å². The van der Waals surface area contributed by atoms with Gasteiger partial charge in [0.25, 0.3) is 0 Å². The largest absolute Gasteiger partial charge is 0.468 e. The number of benzene rings is 1. The predicted molar refractivity (Wildman–Crippen MR) is 51.3 cm³/mol. The Labute approximate surface area is 80.6 Å². The van der Waals surface area contributed by atoms with Gasteiger partial charge >= 0.3 is 0 Å². The molecule has 0 amide bonds. The monoisotopic (exact) mass is 230 g/mol. The highest BCUT2D eigenvalue weighted by Gasteiger charge is 1.92. The Hall–Kier alpha value is -0.540. The lowest BCUT2D eigenvalue weighted by molar-refractivity contribution is 0.0224. The summed E-state index contributed by atoms with van der Waals surface area (Å²) in [5.74, 6) is 0.817. The Bertz CT molecular complexity index is 238. The second kappa shape index (κ2) is 5.17. The minimum atomic E-state index is 0.312. The molecule has 0 unspecified atom stereocenters. The van der Waals surface area contributed by atoms with E-state index in [-0.39, 0.29) is 0 Å². The molecular formula is C9H11BrO2. The van der Waals surface area contributed by atoms with E-state index in [0.29, 0.717) is 13.4 Å². The summed E-state index contributed by atoms with van der Waals surface area (Å²) in [6, 6.07) is 7.67. The predicted octanol–water partition coefficient (Wildman–Crippen LogP) is 2.82. The van der Waals surface area contributed by atoms with Gasteiger partial charge in [-0.25, -0.2) is 0 Å². The highest BCUT2D eigenvalue weighted by atomic mass is 79.9. The van der Waals surface area contributed by atoms with Gasteiger partial charge in [0.2, 0.25) is 0 Å². The summed E-state index contributed by atoms with van der Waals surface area (Å²) in [5.41, 5.74) is 0. The van der Waals surface area contributed by atoms with Gasteiger partial charge in [0.05, 0.1) is 0 Å². The van der Waals surface area contributed by atoms with Crippen LogP contribution >= 0.6 is 15.9 Å². The molecule has 1 aromatic rings. The highest BCUT2D eigenvalue weighted by Crippen LogP contribution is 2.17. The van der Waals surface area contributed by atoms with Crippen molar-refractivity contribution in [2.24, 2.45) is 0 Å². The number of hydrogen-bond donors (Lipinski definition) is 0. The van der Waals surface area contributed by atoms with Crippen LogP contribution in [-0.2, 0) is 4.74 Å². The van der Waals surface area contributed by atoms with Crippen molar-refractivity contribution in [3.8, 4) is 5.75 Å². The van der Waals surface area contributed by atoms with Crippen LogP contribution in [0.1, 0.15) is 6.92 Å². The summed E-state index contributed by atoms with van der Waals surface area (Å²) < 4.78 is 11.3. The van der Waals surface area contributed by atoms with Crippen molar-refractivity contribution in [1.82, 2.24) is 0 Å². The van der Waals surface area contributed by atoms with Gasteiger partial charge in [0, 0.05) is 11.1 Å². The van der Waals surface area contributed by atoms with Crippen molar-refractivity contribution >= 4 is 15.9 Å². The van der Waals surface area contributed by atoms with Crippen molar-refractivity contribution in [2.75, 3.05) is 13.4 Å². The smallest absolute Gasteiger partial charge is 0.189 e. The molecule has 0 radical (unpaired) electrons. The van der Waals surface area contributed by atoms with E-state index in [1.807, 2.05) is 31.2 Å². The van der Waals surface area contributed by atoms with Crippen LogP contribution in [0.2, 0.25) is 0 Å². The van der Waals surface area contributed by atoms with Gasteiger partial charge in [0.15, 0.2) is 6.79 Å². The zero-order valence-corrected chi connectivity index (χ0v) is 8.50. The molecule has 3 heteroatoms. The molecule has 0 N–H and O–H groups in total. The molecule has 0 atom stereocenters. The molecule has 0 fully saturated rings. The van der Waals surface area contributed by atoms with Crippen molar-refractivity contribution in [2.45, 2.75) is 6.92 Å². The summed E-state index contributed by atoms with van der Waals surface area (Å²) in [4.78, 5) is 0. The summed E-state index contributed by atoms with van der Waals surface area (Å²) in [6.07, 6.45) is 0. The molecule has 0 spiro atoms. The molecule has 1 aromatic carbocycles. The van der Waals surface area contributed by atoms with Crippen LogP contribution < -0.4 is 4.74 Å². The lowest BCUT2D eigenvalue weighted by Gasteiger charge is -2.05. The zero-order valence-electron chi connectivity index (χ0n) is 6.92. The van der Waals surface area contributed by atoms with Crippen LogP contribution in [0.3, 0.4) is 0 Å². The van der Waals surface area contributed by atoms with Gasteiger partial charge in [-0.05, 0) is 25.1 Å². The Morgan fingerprint density at radius 1 is 1.42 bits per heavy atom. The molecule has 0 heterocycles. The van der Waals surface area contributed by atoms with Crippen molar-refractivity contribution in [3.63, 3.8) is 0 Å². The van der Waals surface area contributed by atoms with E-state index >= 15 is 0 Å². The first-order valence-corrected chi connectivity index (χ1v) is 4.58. The van der Waals surface area contributed by atoms with Gasteiger partial charge in [-0.3, -0.25) is 0 Å². The zero-order chi connectivity index (χ0) is 8.81. The SMILES string of the molecule is CCOCOc1cccc(Br)c1. The van der Waals surface area contributed by atoms with E-state index in [2.05, 4.69) is 15.9 Å². The Kier molecular flexibility index (Phi) is 4.11. The highest BCUT2D eigenvalue weighted by molar-refractivity contribution is 9.10. The number of hydrogen-bond acceptors (Lipinski definition) is 2. The molecule has 2 nitrogen and oxygen atoms in total. The number of rotatable bonds is 4. The summed E-state index contributed by atoms with van der Waals surface area (Å²) in [5, 5.41) is 0. The fourth-order valence-corrected chi connectivity index (χ4v) is 1.13. The standard InChI is InChI=1S/C9H11BrO2/c1-2-11-7-12-9-5-3-4-8(10)6-9/h3-6H,2,7H2,1H3. The van der Waals surface area contributed by atoms with Gasteiger partial charge in [-0.2, -0.15) is 0 Å². The molecule has 1 rings (SSSR count). The maximum absolute atomic E-state index is 5.28. The normalized spacial score (nSPS) is 9.83. The molecule has 66 valence electrons. The second-order valence-corrected chi connectivity index (χ2v) is 3.13. The molecule has 0 aromatic heterocycles. The van der Waals surface area contributed by atoms with Crippen molar-refractivity contribution in [3.05, 3.63) is 28.7 Å². The van der Waals surface area contributed by atoms with Gasteiger partial charge in [0.1, 0.15) is 5.75 Å². The van der Waals surface area contributed by atoms with Gasteiger partial charge in [-0.15, -0.1) is 0 Å². The summed E-state index contributed by atoms with van der Waals surface area (Å²) in [6.45, 7) is 2.92. The molecule has 0 aliphatic heterocycles. The van der Waals surface area contributed by atoms with Crippen LogP contribution in [0.25, 0.3) is 0 Å². The summed E-state index contributed by atoms with van der Waals surface area (Å²) in [7, 11) is 0. The van der Waals surface area contributed by atoms with E-state index in [1.165, 1.54) is 0 Å². The third-order valence-corrected chi connectivity index (χ3v) is 1.80. The summed E-state index contributed by atoms with van der Waals surface area (Å²) >= 11 is 3.35. The van der Waals surface area contributed by atoms with E-state index in [4.69, 9.17) is 9.47 Å². The molecular weight excluding hydrogens is 220 g/mol. The number of ether oxygens (including phenoxy) is 2. The molecule has 0 bridgehead atoms. The maximum atomic E-state index is 5.28. The Balaban J connectivity index is 2.41. The van der Waals surface area contributed by atoms with E-state index in [9.17, 15) is 0 Å². The average molecular weight is 231 g/mol. The Morgan fingerprint density at radius 2 is 2.25 bits per heavy atom. The Morgan fingerprint density at radius 3 is 2.92 bits per heavy atom. The second-order valence-electron chi connectivity index (χ2n) is 2.21. The molecule has 0 saturated carbocycles. The van der Waals surface area contributed by atoms with Crippen LogP contribution in [-0.4, -0.2) is 13.4 Å². The molecule has 12 heavy (non-hydrogen) atoms. The quantitative estimate of drug-likeness (QED) is 0.586. The third kappa shape index (κ3) is 3.24. The van der Waals surface area contributed by atoms with Gasteiger partial charge in [-0.1, -0.05) is 22.0 Å². The lowest BCUT2D eigenvalue weighted by atomic mass is 10.3. The van der Waals surface area contributed by atoms with Crippen LogP contribution in [0.4, 0.5) is 0 Å². The topological polar surface area (TPSA) is 18.5 Å². The molecule has 0 aliphatic rings.